The van der Waals surface area contributed by atoms with Crippen LogP contribution in [-0.4, -0.2) is 10.5 Å². The van der Waals surface area contributed by atoms with Crippen molar-refractivity contribution in [2.75, 3.05) is 0 Å². The van der Waals surface area contributed by atoms with Gasteiger partial charge in [0.1, 0.15) is 0 Å². The van der Waals surface area contributed by atoms with Gasteiger partial charge in [-0.25, -0.2) is 0 Å². The molecule has 3 rings (SSSR count). The average Bonchev–Trinajstić information content (AvgIpc) is 2.80. The molecule has 0 aliphatic rings. The van der Waals surface area contributed by atoms with E-state index < -0.39 is 0 Å². The van der Waals surface area contributed by atoms with E-state index in [9.17, 15) is 4.79 Å². The molecule has 0 saturated heterocycles. The van der Waals surface area contributed by atoms with Crippen molar-refractivity contribution in [3.63, 3.8) is 0 Å². The van der Waals surface area contributed by atoms with Gasteiger partial charge in [0.2, 0.25) is 0 Å². The van der Waals surface area contributed by atoms with Crippen molar-refractivity contribution in [2.24, 2.45) is 12.0 Å². The van der Waals surface area contributed by atoms with Crippen molar-refractivity contribution in [1.82, 2.24) is 4.57 Å². The Balaban J connectivity index is 1.97. The summed E-state index contributed by atoms with van der Waals surface area (Å²) in [5.74, 6) is -0.143. The Bertz CT molecular complexity index is 969. The molecule has 0 fully saturated rings. The summed E-state index contributed by atoms with van der Waals surface area (Å²) < 4.78 is 2.90. The van der Waals surface area contributed by atoms with Gasteiger partial charge in [0.15, 0.2) is 4.80 Å². The molecule has 0 saturated carbocycles. The first-order valence-electron chi connectivity index (χ1n) is 7.33. The van der Waals surface area contributed by atoms with Crippen molar-refractivity contribution >= 4 is 39.1 Å². The van der Waals surface area contributed by atoms with E-state index in [1.54, 1.807) is 0 Å². The van der Waals surface area contributed by atoms with Crippen LogP contribution in [0.3, 0.4) is 0 Å². The van der Waals surface area contributed by atoms with E-state index in [2.05, 4.69) is 11.1 Å². The lowest BCUT2D eigenvalue weighted by atomic mass is 10.0. The van der Waals surface area contributed by atoms with Crippen LogP contribution in [0.4, 0.5) is 0 Å². The highest BCUT2D eigenvalue weighted by Crippen LogP contribution is 2.24. The molecule has 23 heavy (non-hydrogen) atoms. The lowest BCUT2D eigenvalue weighted by Gasteiger charge is -2.04. The monoisotopic (exact) mass is 344 g/mol. The van der Waals surface area contributed by atoms with Gasteiger partial charge < -0.3 is 4.57 Å². The van der Waals surface area contributed by atoms with Crippen LogP contribution in [0.1, 0.15) is 16.7 Å². The molecule has 0 bridgehead atoms. The Labute approximate surface area is 143 Å². The molecule has 0 N–H and O–H groups in total. The van der Waals surface area contributed by atoms with Crippen molar-refractivity contribution in [3.8, 4) is 0 Å². The number of amides is 1. The minimum atomic E-state index is -0.143. The van der Waals surface area contributed by atoms with Gasteiger partial charge in [-0.15, -0.1) is 0 Å². The highest BCUT2D eigenvalue weighted by molar-refractivity contribution is 7.16. The Morgan fingerprint density at radius 1 is 1.26 bits per heavy atom. The number of nitrogens with zero attached hydrogens (tertiary/aromatic N) is 2. The number of carbonyl (C=O) groups excluding carboxylic acids is 1. The molecule has 3 aromatic rings. The first-order valence-corrected chi connectivity index (χ1v) is 8.53. The number of para-hydroxylation sites is 1. The SMILES string of the molecule is Cc1ccc(CC(=O)N=c2sc3cccc(Cl)c3n2C)c(C)c1. The van der Waals surface area contributed by atoms with E-state index >= 15 is 0 Å². The van der Waals surface area contributed by atoms with Gasteiger partial charge in [0, 0.05) is 7.05 Å². The molecule has 118 valence electrons. The van der Waals surface area contributed by atoms with Crippen molar-refractivity contribution < 1.29 is 4.79 Å². The number of hydrogen-bond donors (Lipinski definition) is 0. The third-order valence-electron chi connectivity index (χ3n) is 3.83. The molecule has 0 unspecified atom stereocenters. The predicted octanol–water partition coefficient (Wildman–Crippen LogP) is 4.18. The zero-order chi connectivity index (χ0) is 16.6. The standard InChI is InChI=1S/C18H17ClN2OS/c1-11-7-8-13(12(2)9-11)10-16(22)20-18-21(3)17-14(19)5-4-6-15(17)23-18/h4-9H,10H2,1-3H3. The molecule has 0 radical (unpaired) electrons. The Morgan fingerprint density at radius 2 is 2.04 bits per heavy atom. The van der Waals surface area contributed by atoms with E-state index in [4.69, 9.17) is 11.6 Å². The molecule has 3 nitrogen and oxygen atoms in total. The summed E-state index contributed by atoms with van der Waals surface area (Å²) in [5.41, 5.74) is 4.25. The van der Waals surface area contributed by atoms with Gasteiger partial charge in [0.25, 0.3) is 5.91 Å². The quantitative estimate of drug-likeness (QED) is 0.686. The van der Waals surface area contributed by atoms with Crippen LogP contribution in [0.25, 0.3) is 10.2 Å². The number of thiazole rings is 1. The lowest BCUT2D eigenvalue weighted by molar-refractivity contribution is -0.117. The fourth-order valence-corrected chi connectivity index (χ4v) is 4.04. The number of rotatable bonds is 2. The fraction of sp³-hybridized carbons (Fsp3) is 0.222. The topological polar surface area (TPSA) is 34.4 Å². The molecule has 1 amide bonds. The fourth-order valence-electron chi connectivity index (χ4n) is 2.62. The summed E-state index contributed by atoms with van der Waals surface area (Å²) in [5, 5.41) is 0.671. The van der Waals surface area contributed by atoms with Gasteiger partial charge >= 0.3 is 0 Å². The van der Waals surface area contributed by atoms with Crippen LogP contribution in [0, 0.1) is 13.8 Å². The average molecular weight is 345 g/mol. The third-order valence-corrected chi connectivity index (χ3v) is 5.24. The van der Waals surface area contributed by atoms with Crippen LogP contribution in [0.5, 0.6) is 0 Å². The number of benzene rings is 2. The minimum absolute atomic E-state index is 0.143. The summed E-state index contributed by atoms with van der Waals surface area (Å²) in [6.07, 6.45) is 0.314. The summed E-state index contributed by atoms with van der Waals surface area (Å²) in [6.45, 7) is 4.07. The van der Waals surface area contributed by atoms with E-state index in [-0.39, 0.29) is 5.91 Å². The van der Waals surface area contributed by atoms with Gasteiger partial charge in [-0.1, -0.05) is 52.8 Å². The van der Waals surface area contributed by atoms with E-state index in [0.29, 0.717) is 16.2 Å². The maximum absolute atomic E-state index is 12.3. The zero-order valence-corrected chi connectivity index (χ0v) is 14.8. The van der Waals surface area contributed by atoms with E-state index in [0.717, 1.165) is 21.3 Å². The summed E-state index contributed by atoms with van der Waals surface area (Å²) in [7, 11) is 1.88. The molecule has 1 heterocycles. The van der Waals surface area contributed by atoms with Gasteiger partial charge in [-0.05, 0) is 37.1 Å². The highest BCUT2D eigenvalue weighted by Gasteiger charge is 2.09. The molecule has 0 aliphatic carbocycles. The maximum atomic E-state index is 12.3. The molecule has 0 aliphatic heterocycles. The molecule has 0 spiro atoms. The predicted molar refractivity (Wildman–Crippen MR) is 96.0 cm³/mol. The largest absolute Gasteiger partial charge is 0.318 e. The van der Waals surface area contributed by atoms with Crippen molar-refractivity contribution in [2.45, 2.75) is 20.3 Å². The Hall–Kier alpha value is -1.91. The summed E-state index contributed by atoms with van der Waals surface area (Å²) in [6, 6.07) is 11.8. The normalized spacial score (nSPS) is 12.1. The van der Waals surface area contributed by atoms with E-state index in [1.165, 1.54) is 16.9 Å². The smallest absolute Gasteiger partial charge is 0.252 e. The summed E-state index contributed by atoms with van der Waals surface area (Å²) >= 11 is 7.71. The third kappa shape index (κ3) is 3.23. The molecule has 0 atom stereocenters. The van der Waals surface area contributed by atoms with Crippen LogP contribution in [0.15, 0.2) is 41.4 Å². The molecular weight excluding hydrogens is 328 g/mol. The Kier molecular flexibility index (Phi) is 4.37. The van der Waals surface area contributed by atoms with Crippen molar-refractivity contribution in [3.05, 3.63) is 62.9 Å². The highest BCUT2D eigenvalue weighted by atomic mass is 35.5. The van der Waals surface area contributed by atoms with Crippen LogP contribution in [-0.2, 0) is 18.3 Å². The van der Waals surface area contributed by atoms with Gasteiger partial charge in [0.05, 0.1) is 21.7 Å². The van der Waals surface area contributed by atoms with E-state index in [1.807, 2.05) is 55.8 Å². The second-order valence-electron chi connectivity index (χ2n) is 5.64. The van der Waals surface area contributed by atoms with Crippen LogP contribution in [0.2, 0.25) is 5.02 Å². The second-order valence-corrected chi connectivity index (χ2v) is 7.06. The number of halogens is 1. The number of aromatic nitrogens is 1. The van der Waals surface area contributed by atoms with Crippen LogP contribution < -0.4 is 4.80 Å². The second kappa shape index (κ2) is 6.30. The minimum Gasteiger partial charge on any atom is -0.318 e. The first-order chi connectivity index (χ1) is 11.0. The lowest BCUT2D eigenvalue weighted by Crippen LogP contribution is -2.14. The molecule has 1 aromatic heterocycles. The molecule has 5 heteroatoms. The number of fused-ring (bicyclic) bond motifs is 1. The van der Waals surface area contributed by atoms with Gasteiger partial charge in [-0.2, -0.15) is 4.99 Å². The summed E-state index contributed by atoms with van der Waals surface area (Å²) in [4.78, 5) is 17.3. The Morgan fingerprint density at radius 3 is 2.74 bits per heavy atom. The van der Waals surface area contributed by atoms with Gasteiger partial charge in [-0.3, -0.25) is 4.79 Å². The first kappa shape index (κ1) is 16.0. The van der Waals surface area contributed by atoms with Crippen LogP contribution >= 0.6 is 22.9 Å². The molecular formula is C18H17ClN2OS. The number of carbonyl (C=O) groups is 1. The number of hydrogen-bond acceptors (Lipinski definition) is 2. The maximum Gasteiger partial charge on any atom is 0.252 e. The molecule has 2 aromatic carbocycles. The number of aryl methyl sites for hydroxylation is 3. The zero-order valence-electron chi connectivity index (χ0n) is 13.3. The van der Waals surface area contributed by atoms with Crippen molar-refractivity contribution in [1.29, 1.82) is 0 Å².